The number of amides is 1. The van der Waals surface area contributed by atoms with E-state index in [-0.39, 0.29) is 18.1 Å². The molecule has 0 radical (unpaired) electrons. The lowest BCUT2D eigenvalue weighted by molar-refractivity contribution is 0.0963. The molecule has 0 heterocycles. The molecule has 5 nitrogen and oxygen atoms in total. The number of carbonyl (C=O) groups is 1. The molecule has 1 aliphatic carbocycles. The van der Waals surface area contributed by atoms with Gasteiger partial charge in [0.2, 0.25) is 0 Å². The number of aliphatic hydroxyl groups is 1. The lowest BCUT2D eigenvalue weighted by Crippen LogP contribution is -2.29. The van der Waals surface area contributed by atoms with Crippen LogP contribution in [0.3, 0.4) is 0 Å². The van der Waals surface area contributed by atoms with Gasteiger partial charge in [-0.15, -0.1) is 0 Å². The topological polar surface area (TPSA) is 87.4 Å². The minimum atomic E-state index is -0.183. The summed E-state index contributed by atoms with van der Waals surface area (Å²) in [6, 6.07) is 5.53. The summed E-state index contributed by atoms with van der Waals surface area (Å²) < 4.78 is 0. The van der Waals surface area contributed by atoms with Crippen molar-refractivity contribution in [3.63, 3.8) is 0 Å². The zero-order valence-electron chi connectivity index (χ0n) is 11.1. The number of anilines is 2. The fourth-order valence-corrected chi connectivity index (χ4v) is 2.45. The van der Waals surface area contributed by atoms with Crippen LogP contribution in [0.5, 0.6) is 0 Å². The van der Waals surface area contributed by atoms with Crippen molar-refractivity contribution in [2.45, 2.75) is 37.8 Å². The zero-order valence-corrected chi connectivity index (χ0v) is 11.1. The molecule has 2 rings (SSSR count). The SMILES string of the molecule is CNC(=O)c1ccc(N)cc1NC1CCC(O)CC1. The molecule has 1 fully saturated rings. The molecule has 0 aromatic heterocycles. The fraction of sp³-hybridized carbons (Fsp3) is 0.500. The van der Waals surface area contributed by atoms with E-state index in [0.29, 0.717) is 11.3 Å². The van der Waals surface area contributed by atoms with Gasteiger partial charge in [0.25, 0.3) is 5.91 Å². The molecule has 0 aliphatic heterocycles. The molecule has 0 spiro atoms. The van der Waals surface area contributed by atoms with Crippen molar-refractivity contribution in [3.8, 4) is 0 Å². The molecule has 1 amide bonds. The lowest BCUT2D eigenvalue weighted by atomic mass is 9.92. The van der Waals surface area contributed by atoms with Crippen molar-refractivity contribution in [1.29, 1.82) is 0 Å². The first-order valence-corrected chi connectivity index (χ1v) is 6.66. The van der Waals surface area contributed by atoms with Gasteiger partial charge in [-0.1, -0.05) is 0 Å². The highest BCUT2D eigenvalue weighted by atomic mass is 16.3. The van der Waals surface area contributed by atoms with Crippen molar-refractivity contribution in [2.75, 3.05) is 18.1 Å². The molecule has 0 atom stereocenters. The van der Waals surface area contributed by atoms with Crippen molar-refractivity contribution in [1.82, 2.24) is 5.32 Å². The van der Waals surface area contributed by atoms with Crippen LogP contribution >= 0.6 is 0 Å². The summed E-state index contributed by atoms with van der Waals surface area (Å²) in [5, 5.41) is 15.5. The number of nitrogens with one attached hydrogen (secondary N) is 2. The predicted octanol–water partition coefficient (Wildman–Crippen LogP) is 1.34. The van der Waals surface area contributed by atoms with E-state index >= 15 is 0 Å². The second-order valence-corrected chi connectivity index (χ2v) is 5.03. The predicted molar refractivity (Wildman–Crippen MR) is 76.1 cm³/mol. The van der Waals surface area contributed by atoms with E-state index in [2.05, 4.69) is 10.6 Å². The number of nitrogen functional groups attached to an aromatic ring is 1. The van der Waals surface area contributed by atoms with Gasteiger partial charge >= 0.3 is 0 Å². The maximum absolute atomic E-state index is 11.8. The van der Waals surface area contributed by atoms with Crippen molar-refractivity contribution >= 4 is 17.3 Å². The van der Waals surface area contributed by atoms with E-state index < -0.39 is 0 Å². The molecule has 19 heavy (non-hydrogen) atoms. The Kier molecular flexibility index (Phi) is 4.27. The molecule has 1 saturated carbocycles. The van der Waals surface area contributed by atoms with Crippen LogP contribution in [-0.2, 0) is 0 Å². The standard InChI is InChI=1S/C14H21N3O2/c1-16-14(19)12-7-2-9(15)8-13(12)17-10-3-5-11(18)6-4-10/h2,7-8,10-11,17-18H,3-6,15H2,1H3,(H,16,19). The molecule has 5 N–H and O–H groups in total. The number of nitrogens with two attached hydrogens (primary N) is 1. The third kappa shape index (κ3) is 3.38. The molecule has 5 heteroatoms. The summed E-state index contributed by atoms with van der Waals surface area (Å²) in [6.45, 7) is 0. The van der Waals surface area contributed by atoms with Gasteiger partial charge in [0, 0.05) is 24.5 Å². The lowest BCUT2D eigenvalue weighted by Gasteiger charge is -2.27. The fourth-order valence-electron chi connectivity index (χ4n) is 2.45. The first-order chi connectivity index (χ1) is 9.10. The van der Waals surface area contributed by atoms with Crippen LogP contribution in [0.2, 0.25) is 0 Å². The summed E-state index contributed by atoms with van der Waals surface area (Å²) in [7, 11) is 1.61. The first-order valence-electron chi connectivity index (χ1n) is 6.66. The summed E-state index contributed by atoms with van der Waals surface area (Å²) in [4.78, 5) is 11.8. The normalized spacial score (nSPS) is 22.8. The third-order valence-electron chi connectivity index (χ3n) is 3.57. The van der Waals surface area contributed by atoms with E-state index in [0.717, 1.165) is 31.4 Å². The Bertz CT molecular complexity index is 454. The molecular weight excluding hydrogens is 242 g/mol. The van der Waals surface area contributed by atoms with Gasteiger partial charge in [0.15, 0.2) is 0 Å². The Morgan fingerprint density at radius 3 is 2.63 bits per heavy atom. The van der Waals surface area contributed by atoms with Gasteiger partial charge in [0.05, 0.1) is 11.7 Å². The van der Waals surface area contributed by atoms with E-state index in [1.807, 2.05) is 0 Å². The maximum atomic E-state index is 11.8. The highest BCUT2D eigenvalue weighted by Crippen LogP contribution is 2.25. The summed E-state index contributed by atoms with van der Waals surface area (Å²) in [6.07, 6.45) is 3.23. The van der Waals surface area contributed by atoms with Crippen molar-refractivity contribution in [3.05, 3.63) is 23.8 Å². The Hall–Kier alpha value is -1.75. The van der Waals surface area contributed by atoms with Crippen LogP contribution in [-0.4, -0.2) is 30.2 Å². The highest BCUT2D eigenvalue weighted by Gasteiger charge is 2.20. The van der Waals surface area contributed by atoms with E-state index in [4.69, 9.17) is 5.73 Å². The first kappa shape index (κ1) is 13.7. The quantitative estimate of drug-likeness (QED) is 0.620. The molecule has 104 valence electrons. The molecule has 1 aliphatic rings. The molecular formula is C14H21N3O2. The maximum Gasteiger partial charge on any atom is 0.253 e. The van der Waals surface area contributed by atoms with Gasteiger partial charge in [-0.3, -0.25) is 4.79 Å². The second kappa shape index (κ2) is 5.93. The van der Waals surface area contributed by atoms with Gasteiger partial charge in [-0.2, -0.15) is 0 Å². The van der Waals surface area contributed by atoms with Crippen LogP contribution < -0.4 is 16.4 Å². The molecule has 0 unspecified atom stereocenters. The molecule has 1 aromatic carbocycles. The van der Waals surface area contributed by atoms with Gasteiger partial charge < -0.3 is 21.5 Å². The minimum Gasteiger partial charge on any atom is -0.399 e. The monoisotopic (exact) mass is 263 g/mol. The molecule has 0 bridgehead atoms. The smallest absolute Gasteiger partial charge is 0.253 e. The average Bonchev–Trinajstić information content (AvgIpc) is 2.41. The Balaban J connectivity index is 2.14. The van der Waals surface area contributed by atoms with Crippen LogP contribution in [0.15, 0.2) is 18.2 Å². The number of hydrogen-bond donors (Lipinski definition) is 4. The Morgan fingerprint density at radius 1 is 1.32 bits per heavy atom. The molecule has 0 saturated heterocycles. The summed E-state index contributed by atoms with van der Waals surface area (Å²) in [5.41, 5.74) is 7.78. The van der Waals surface area contributed by atoms with Crippen molar-refractivity contribution in [2.24, 2.45) is 0 Å². The van der Waals surface area contributed by atoms with E-state index in [1.165, 1.54) is 0 Å². The van der Waals surface area contributed by atoms with E-state index in [1.54, 1.807) is 25.2 Å². The third-order valence-corrected chi connectivity index (χ3v) is 3.57. The van der Waals surface area contributed by atoms with Crippen molar-refractivity contribution < 1.29 is 9.90 Å². The van der Waals surface area contributed by atoms with Crippen LogP contribution in [0.4, 0.5) is 11.4 Å². The summed E-state index contributed by atoms with van der Waals surface area (Å²) >= 11 is 0. The Morgan fingerprint density at radius 2 is 2.00 bits per heavy atom. The number of hydrogen-bond acceptors (Lipinski definition) is 4. The van der Waals surface area contributed by atoms with E-state index in [9.17, 15) is 9.90 Å². The van der Waals surface area contributed by atoms with Gasteiger partial charge in [-0.05, 0) is 43.9 Å². The van der Waals surface area contributed by atoms with Crippen LogP contribution in [0.25, 0.3) is 0 Å². The van der Waals surface area contributed by atoms with Gasteiger partial charge in [0.1, 0.15) is 0 Å². The number of rotatable bonds is 3. The van der Waals surface area contributed by atoms with Crippen LogP contribution in [0, 0.1) is 0 Å². The molecule has 1 aromatic rings. The Labute approximate surface area is 113 Å². The van der Waals surface area contributed by atoms with Crippen LogP contribution in [0.1, 0.15) is 36.0 Å². The summed E-state index contributed by atoms with van der Waals surface area (Å²) in [5.74, 6) is -0.127. The number of benzene rings is 1. The highest BCUT2D eigenvalue weighted by molar-refractivity contribution is 6.00. The average molecular weight is 263 g/mol. The number of aliphatic hydroxyl groups excluding tert-OH is 1. The zero-order chi connectivity index (χ0) is 13.8. The second-order valence-electron chi connectivity index (χ2n) is 5.03. The largest absolute Gasteiger partial charge is 0.399 e. The minimum absolute atomic E-state index is 0.127. The van der Waals surface area contributed by atoms with Gasteiger partial charge in [-0.25, -0.2) is 0 Å². The number of carbonyl (C=O) groups excluding carboxylic acids is 1.